The Bertz CT molecular complexity index is 404. The van der Waals surface area contributed by atoms with Gasteiger partial charge in [0.2, 0.25) is 0 Å². The van der Waals surface area contributed by atoms with Crippen molar-refractivity contribution < 1.29 is 4.74 Å². The first-order valence-corrected chi connectivity index (χ1v) is 9.16. The average molecular weight is 307 g/mol. The van der Waals surface area contributed by atoms with Crippen molar-refractivity contribution >= 4 is 12.6 Å². The molecule has 1 aromatic carbocycles. The molecule has 1 unspecified atom stereocenters. The van der Waals surface area contributed by atoms with Gasteiger partial charge in [-0.1, -0.05) is 51.7 Å². The summed E-state index contributed by atoms with van der Waals surface area (Å²) >= 11 is 4.62. The molecular weight excluding hydrogens is 276 g/mol. The van der Waals surface area contributed by atoms with Crippen LogP contribution in [0.1, 0.15) is 70.3 Å². The van der Waals surface area contributed by atoms with E-state index in [0.29, 0.717) is 5.92 Å². The number of ether oxygens (including phenoxy) is 1. The highest BCUT2D eigenvalue weighted by Crippen LogP contribution is 2.36. The van der Waals surface area contributed by atoms with Gasteiger partial charge in [-0.05, 0) is 48.6 Å². The van der Waals surface area contributed by atoms with E-state index in [2.05, 4.69) is 50.7 Å². The topological polar surface area (TPSA) is 9.23 Å². The lowest BCUT2D eigenvalue weighted by Gasteiger charge is -2.31. The van der Waals surface area contributed by atoms with Crippen LogP contribution in [-0.2, 0) is 0 Å². The van der Waals surface area contributed by atoms with E-state index in [1.165, 1.54) is 50.5 Å². The van der Waals surface area contributed by atoms with Crippen LogP contribution >= 0.6 is 12.6 Å². The number of rotatable bonds is 6. The summed E-state index contributed by atoms with van der Waals surface area (Å²) in [5.74, 6) is 2.58. The van der Waals surface area contributed by atoms with E-state index in [9.17, 15) is 0 Å². The van der Waals surface area contributed by atoms with Crippen molar-refractivity contribution in [2.75, 3.05) is 12.4 Å². The maximum atomic E-state index is 6.11. The molecule has 1 nitrogen and oxygen atoms in total. The van der Waals surface area contributed by atoms with Crippen LogP contribution in [0.15, 0.2) is 24.3 Å². The molecule has 1 fully saturated rings. The third-order valence-corrected chi connectivity index (χ3v) is 5.78. The summed E-state index contributed by atoms with van der Waals surface area (Å²) in [6.07, 6.45) is 9.12. The molecule has 1 atom stereocenters. The van der Waals surface area contributed by atoms with Crippen LogP contribution in [0, 0.1) is 5.41 Å². The largest absolute Gasteiger partial charge is 0.493 e. The summed E-state index contributed by atoms with van der Waals surface area (Å²) < 4.78 is 6.11. The van der Waals surface area contributed by atoms with E-state index in [1.807, 2.05) is 0 Å². The Labute approximate surface area is 135 Å². The van der Waals surface area contributed by atoms with Crippen LogP contribution in [0.25, 0.3) is 0 Å². The zero-order chi connectivity index (χ0) is 15.1. The fourth-order valence-electron chi connectivity index (χ4n) is 3.19. The van der Waals surface area contributed by atoms with Crippen molar-refractivity contribution in [2.24, 2.45) is 5.41 Å². The average Bonchev–Trinajstić information content (AvgIpc) is 2.79. The molecule has 0 amide bonds. The molecule has 0 aromatic heterocycles. The lowest BCUT2D eigenvalue weighted by Crippen LogP contribution is -2.30. The minimum Gasteiger partial charge on any atom is -0.493 e. The molecule has 1 aromatic rings. The van der Waals surface area contributed by atoms with Gasteiger partial charge in [0, 0.05) is 5.41 Å². The lowest BCUT2D eigenvalue weighted by molar-refractivity contribution is 0.148. The molecule has 0 N–H and O–H groups in total. The van der Waals surface area contributed by atoms with Gasteiger partial charge >= 0.3 is 0 Å². The van der Waals surface area contributed by atoms with E-state index in [1.54, 1.807) is 0 Å². The third kappa shape index (κ3) is 4.67. The van der Waals surface area contributed by atoms with Crippen LogP contribution in [0.2, 0.25) is 0 Å². The molecule has 1 aliphatic rings. The van der Waals surface area contributed by atoms with E-state index >= 15 is 0 Å². The van der Waals surface area contributed by atoms with Gasteiger partial charge in [-0.2, -0.15) is 12.6 Å². The van der Waals surface area contributed by atoms with Crippen molar-refractivity contribution in [1.82, 2.24) is 0 Å². The SMILES string of the molecule is CCC(C)c1ccc(OCC2(CS)CCCCCC2)cc1. The standard InChI is InChI=1S/C19H30OS/c1-3-16(2)17-8-10-18(11-9-17)20-14-19(15-21)12-6-4-5-7-13-19/h8-11,16,21H,3-7,12-15H2,1-2H3. The fraction of sp³-hybridized carbons (Fsp3) is 0.684. The predicted molar refractivity (Wildman–Crippen MR) is 94.6 cm³/mol. The summed E-state index contributed by atoms with van der Waals surface area (Å²) in [4.78, 5) is 0. The first-order valence-electron chi connectivity index (χ1n) is 8.53. The smallest absolute Gasteiger partial charge is 0.119 e. The number of hydrogen-bond acceptors (Lipinski definition) is 2. The molecule has 2 rings (SSSR count). The molecule has 0 saturated heterocycles. The summed E-state index contributed by atoms with van der Waals surface area (Å²) in [6, 6.07) is 8.68. The molecule has 0 bridgehead atoms. The molecule has 118 valence electrons. The summed E-state index contributed by atoms with van der Waals surface area (Å²) in [5.41, 5.74) is 1.69. The van der Waals surface area contributed by atoms with Gasteiger partial charge in [-0.3, -0.25) is 0 Å². The van der Waals surface area contributed by atoms with Crippen LogP contribution in [-0.4, -0.2) is 12.4 Å². The minimum atomic E-state index is 0.287. The molecule has 1 aliphatic carbocycles. The van der Waals surface area contributed by atoms with Gasteiger partial charge in [-0.25, -0.2) is 0 Å². The number of thiol groups is 1. The maximum absolute atomic E-state index is 6.11. The van der Waals surface area contributed by atoms with Crippen molar-refractivity contribution in [3.8, 4) is 5.75 Å². The normalized spacial score (nSPS) is 19.8. The Balaban J connectivity index is 1.94. The zero-order valence-corrected chi connectivity index (χ0v) is 14.5. The van der Waals surface area contributed by atoms with Crippen molar-refractivity contribution in [3.05, 3.63) is 29.8 Å². The first-order chi connectivity index (χ1) is 10.2. The van der Waals surface area contributed by atoms with Gasteiger partial charge in [0.1, 0.15) is 5.75 Å². The second-order valence-corrected chi connectivity index (χ2v) is 7.06. The Morgan fingerprint density at radius 2 is 1.71 bits per heavy atom. The molecule has 1 saturated carbocycles. The van der Waals surface area contributed by atoms with Gasteiger partial charge in [0.25, 0.3) is 0 Å². The Morgan fingerprint density at radius 1 is 1.10 bits per heavy atom. The second-order valence-electron chi connectivity index (χ2n) is 6.74. The van der Waals surface area contributed by atoms with E-state index < -0.39 is 0 Å². The molecule has 0 radical (unpaired) electrons. The number of benzene rings is 1. The van der Waals surface area contributed by atoms with Crippen LogP contribution in [0.3, 0.4) is 0 Å². The maximum Gasteiger partial charge on any atom is 0.119 e. The predicted octanol–water partition coefficient (Wildman–Crippen LogP) is 5.85. The Morgan fingerprint density at radius 3 is 2.24 bits per heavy atom. The molecule has 21 heavy (non-hydrogen) atoms. The molecular formula is C19H30OS. The molecule has 0 aliphatic heterocycles. The third-order valence-electron chi connectivity index (χ3n) is 5.11. The van der Waals surface area contributed by atoms with E-state index in [-0.39, 0.29) is 5.41 Å². The fourth-order valence-corrected chi connectivity index (χ4v) is 3.60. The second kappa shape index (κ2) is 8.12. The number of hydrogen-bond donors (Lipinski definition) is 1. The Hall–Kier alpha value is -0.630. The zero-order valence-electron chi connectivity index (χ0n) is 13.6. The summed E-state index contributed by atoms with van der Waals surface area (Å²) in [6.45, 7) is 5.33. The van der Waals surface area contributed by atoms with Crippen molar-refractivity contribution in [3.63, 3.8) is 0 Å². The van der Waals surface area contributed by atoms with Gasteiger partial charge in [0.15, 0.2) is 0 Å². The van der Waals surface area contributed by atoms with Gasteiger partial charge in [-0.15, -0.1) is 0 Å². The first kappa shape index (κ1) is 16.7. The lowest BCUT2D eigenvalue weighted by atomic mass is 9.83. The summed E-state index contributed by atoms with van der Waals surface area (Å²) in [7, 11) is 0. The highest BCUT2D eigenvalue weighted by atomic mass is 32.1. The van der Waals surface area contributed by atoms with Crippen molar-refractivity contribution in [2.45, 2.75) is 64.7 Å². The van der Waals surface area contributed by atoms with Gasteiger partial charge in [0.05, 0.1) is 6.61 Å². The monoisotopic (exact) mass is 306 g/mol. The molecule has 2 heteroatoms. The van der Waals surface area contributed by atoms with Crippen LogP contribution < -0.4 is 4.74 Å². The van der Waals surface area contributed by atoms with Crippen LogP contribution in [0.5, 0.6) is 5.75 Å². The molecule has 0 heterocycles. The highest BCUT2D eigenvalue weighted by Gasteiger charge is 2.30. The molecule has 0 spiro atoms. The minimum absolute atomic E-state index is 0.287. The quantitative estimate of drug-likeness (QED) is 0.512. The Kier molecular flexibility index (Phi) is 6.47. The van der Waals surface area contributed by atoms with Crippen LogP contribution in [0.4, 0.5) is 0 Å². The van der Waals surface area contributed by atoms with E-state index in [0.717, 1.165) is 18.1 Å². The van der Waals surface area contributed by atoms with E-state index in [4.69, 9.17) is 4.74 Å². The van der Waals surface area contributed by atoms with Crippen molar-refractivity contribution in [1.29, 1.82) is 0 Å². The summed E-state index contributed by atoms with van der Waals surface area (Å²) in [5, 5.41) is 0. The van der Waals surface area contributed by atoms with Gasteiger partial charge < -0.3 is 4.74 Å². The highest BCUT2D eigenvalue weighted by molar-refractivity contribution is 7.80.